The normalized spacial score (nSPS) is 16.4. The van der Waals surface area contributed by atoms with Crippen molar-refractivity contribution in [2.75, 3.05) is 13.1 Å². The molecule has 3 aromatic rings. The summed E-state index contributed by atoms with van der Waals surface area (Å²) >= 11 is 0. The Kier molecular flexibility index (Phi) is 3.20. The molecule has 0 saturated carbocycles. The lowest BCUT2D eigenvalue weighted by Crippen LogP contribution is -2.26. The van der Waals surface area contributed by atoms with Gasteiger partial charge in [0.25, 0.3) is 0 Å². The summed E-state index contributed by atoms with van der Waals surface area (Å²) in [6.07, 6.45) is 6.47. The predicted octanol–water partition coefficient (Wildman–Crippen LogP) is 3.70. The van der Waals surface area contributed by atoms with Gasteiger partial charge in [-0.05, 0) is 49.7 Å². The monoisotopic (exact) mass is 277 g/mol. The highest BCUT2D eigenvalue weighted by molar-refractivity contribution is 5.94. The largest absolute Gasteiger partial charge is 0.364 e. The number of aromatic nitrogens is 2. The van der Waals surface area contributed by atoms with Gasteiger partial charge in [0.2, 0.25) is 0 Å². The van der Waals surface area contributed by atoms with Gasteiger partial charge in [0, 0.05) is 35.0 Å². The van der Waals surface area contributed by atoms with Gasteiger partial charge in [-0.2, -0.15) is 0 Å². The summed E-state index contributed by atoms with van der Waals surface area (Å²) in [7, 11) is 0. The van der Waals surface area contributed by atoms with Crippen LogP contribution in [0.1, 0.15) is 24.5 Å². The van der Waals surface area contributed by atoms with Gasteiger partial charge in [0.15, 0.2) is 0 Å². The van der Waals surface area contributed by atoms with Gasteiger partial charge >= 0.3 is 0 Å². The van der Waals surface area contributed by atoms with E-state index in [1.54, 1.807) is 0 Å². The van der Waals surface area contributed by atoms with E-state index in [1.807, 2.05) is 12.3 Å². The topological polar surface area (TPSA) is 40.7 Å². The Hall–Kier alpha value is -2.13. The van der Waals surface area contributed by atoms with Crippen LogP contribution in [0.5, 0.6) is 0 Å². The Morgan fingerprint density at radius 1 is 1.05 bits per heavy atom. The molecule has 0 atom stereocenters. The maximum Gasteiger partial charge on any atom is 0.0708 e. The summed E-state index contributed by atoms with van der Waals surface area (Å²) < 4.78 is 0. The Morgan fingerprint density at radius 2 is 1.90 bits per heavy atom. The number of nitrogens with one attached hydrogen (secondary N) is 2. The predicted molar refractivity (Wildman–Crippen MR) is 86.4 cm³/mol. The molecule has 3 nitrogen and oxygen atoms in total. The highest BCUT2D eigenvalue weighted by Crippen LogP contribution is 2.31. The zero-order chi connectivity index (χ0) is 14.1. The lowest BCUT2D eigenvalue weighted by atomic mass is 9.94. The molecule has 0 radical (unpaired) electrons. The number of pyridine rings is 1. The number of piperidine rings is 1. The Labute approximate surface area is 124 Å². The second-order valence-corrected chi connectivity index (χ2v) is 5.74. The molecule has 1 fully saturated rings. The van der Waals surface area contributed by atoms with Crippen LogP contribution in [0, 0.1) is 0 Å². The third-order valence-corrected chi connectivity index (χ3v) is 4.44. The minimum atomic E-state index is 0.660. The molecule has 2 N–H and O–H groups in total. The van der Waals surface area contributed by atoms with E-state index in [0.717, 1.165) is 18.6 Å². The molecular weight excluding hydrogens is 258 g/mol. The van der Waals surface area contributed by atoms with Crippen LogP contribution in [-0.2, 0) is 0 Å². The lowest BCUT2D eigenvalue weighted by Gasteiger charge is -2.21. The van der Waals surface area contributed by atoms with Crippen LogP contribution in [0.2, 0.25) is 0 Å². The molecule has 3 heteroatoms. The minimum Gasteiger partial charge on any atom is -0.364 e. The Balaban J connectivity index is 1.74. The zero-order valence-corrected chi connectivity index (χ0v) is 12.0. The smallest absolute Gasteiger partial charge is 0.0708 e. The summed E-state index contributed by atoms with van der Waals surface area (Å²) in [5, 5.41) is 4.64. The van der Waals surface area contributed by atoms with Gasteiger partial charge in [-0.1, -0.05) is 18.2 Å². The van der Waals surface area contributed by atoms with E-state index in [0.29, 0.717) is 5.92 Å². The zero-order valence-electron chi connectivity index (χ0n) is 12.0. The average molecular weight is 277 g/mol. The Morgan fingerprint density at radius 3 is 2.81 bits per heavy atom. The van der Waals surface area contributed by atoms with Gasteiger partial charge in [-0.25, -0.2) is 0 Å². The van der Waals surface area contributed by atoms with E-state index in [4.69, 9.17) is 0 Å². The first-order valence-electron chi connectivity index (χ1n) is 7.65. The summed E-state index contributed by atoms with van der Waals surface area (Å²) in [6, 6.07) is 12.8. The summed E-state index contributed by atoms with van der Waals surface area (Å²) in [4.78, 5) is 7.94. The number of rotatable bonds is 2. The molecule has 1 aliphatic heterocycles. The van der Waals surface area contributed by atoms with Crippen molar-refractivity contribution in [2.45, 2.75) is 18.8 Å². The highest BCUT2D eigenvalue weighted by atomic mass is 14.9. The number of nitrogens with zero attached hydrogens (tertiary/aromatic N) is 1. The first kappa shape index (κ1) is 12.6. The maximum absolute atomic E-state index is 4.45. The van der Waals surface area contributed by atoms with Crippen LogP contribution in [0.15, 0.2) is 48.8 Å². The molecule has 0 spiro atoms. The molecule has 106 valence electrons. The molecule has 0 bridgehead atoms. The van der Waals surface area contributed by atoms with E-state index >= 15 is 0 Å². The molecule has 4 rings (SSSR count). The van der Waals surface area contributed by atoms with E-state index in [9.17, 15) is 0 Å². The number of benzene rings is 1. The number of para-hydroxylation sites is 1. The fourth-order valence-corrected chi connectivity index (χ4v) is 3.28. The van der Waals surface area contributed by atoms with Crippen molar-refractivity contribution in [1.29, 1.82) is 0 Å². The molecule has 1 saturated heterocycles. The molecule has 3 heterocycles. The van der Waals surface area contributed by atoms with Crippen molar-refractivity contribution in [1.82, 2.24) is 15.3 Å². The van der Waals surface area contributed by atoms with Crippen LogP contribution >= 0.6 is 0 Å². The van der Waals surface area contributed by atoms with Crippen LogP contribution in [-0.4, -0.2) is 23.1 Å². The van der Waals surface area contributed by atoms with Crippen molar-refractivity contribution in [3.8, 4) is 11.1 Å². The van der Waals surface area contributed by atoms with Gasteiger partial charge in [-0.3, -0.25) is 4.98 Å². The van der Waals surface area contributed by atoms with E-state index in [2.05, 4.69) is 51.8 Å². The van der Waals surface area contributed by atoms with Crippen molar-refractivity contribution >= 4 is 10.9 Å². The van der Waals surface area contributed by atoms with Gasteiger partial charge in [-0.15, -0.1) is 0 Å². The fourth-order valence-electron chi connectivity index (χ4n) is 3.28. The molecule has 0 unspecified atom stereocenters. The summed E-state index contributed by atoms with van der Waals surface area (Å²) in [5.41, 5.74) is 4.95. The van der Waals surface area contributed by atoms with Crippen molar-refractivity contribution in [2.24, 2.45) is 0 Å². The summed E-state index contributed by atoms with van der Waals surface area (Å²) in [5.74, 6) is 0.660. The number of H-pyrrole nitrogens is 1. The number of hydrogen-bond acceptors (Lipinski definition) is 2. The van der Waals surface area contributed by atoms with Crippen molar-refractivity contribution in [3.63, 3.8) is 0 Å². The second kappa shape index (κ2) is 5.34. The highest BCUT2D eigenvalue weighted by Gasteiger charge is 2.17. The van der Waals surface area contributed by atoms with Crippen LogP contribution in [0.25, 0.3) is 22.0 Å². The number of fused-ring (bicyclic) bond motifs is 1. The van der Waals surface area contributed by atoms with E-state index in [1.165, 1.54) is 35.0 Å². The van der Waals surface area contributed by atoms with Gasteiger partial charge < -0.3 is 10.3 Å². The number of aromatic amines is 1. The van der Waals surface area contributed by atoms with Crippen LogP contribution in [0.3, 0.4) is 0 Å². The molecule has 1 aromatic carbocycles. The van der Waals surface area contributed by atoms with Gasteiger partial charge in [0.05, 0.1) is 5.52 Å². The van der Waals surface area contributed by atoms with Crippen molar-refractivity contribution in [3.05, 3.63) is 54.5 Å². The second-order valence-electron chi connectivity index (χ2n) is 5.74. The minimum absolute atomic E-state index is 0.660. The van der Waals surface area contributed by atoms with Gasteiger partial charge in [0.1, 0.15) is 0 Å². The Bertz CT molecular complexity index is 749. The third kappa shape index (κ3) is 2.34. The van der Waals surface area contributed by atoms with E-state index in [-0.39, 0.29) is 0 Å². The lowest BCUT2D eigenvalue weighted by molar-refractivity contribution is 0.454. The average Bonchev–Trinajstić information content (AvgIpc) is 3.05. The van der Waals surface area contributed by atoms with Crippen molar-refractivity contribution < 1.29 is 0 Å². The molecule has 21 heavy (non-hydrogen) atoms. The molecule has 1 aliphatic rings. The first-order chi connectivity index (χ1) is 10.4. The fraction of sp³-hybridized carbons (Fsp3) is 0.278. The number of hydrogen-bond donors (Lipinski definition) is 2. The molecular formula is C18H19N3. The third-order valence-electron chi connectivity index (χ3n) is 4.44. The molecule has 0 amide bonds. The summed E-state index contributed by atoms with van der Waals surface area (Å²) in [6.45, 7) is 2.24. The van der Waals surface area contributed by atoms with E-state index < -0.39 is 0 Å². The molecule has 2 aromatic heterocycles. The standard InChI is InChI=1S/C18H19N3/c1-2-4-17-16(3-1)15(7-10-20-17)14-11-18(21-12-14)13-5-8-19-9-6-13/h1-4,7,10-13,19,21H,5-6,8-9H2. The van der Waals surface area contributed by atoms with Crippen LogP contribution < -0.4 is 5.32 Å². The quantitative estimate of drug-likeness (QED) is 0.750. The maximum atomic E-state index is 4.45. The SMILES string of the molecule is c1ccc2c(-c3c[nH]c(C4CCNCC4)c3)ccnc2c1. The molecule has 0 aliphatic carbocycles. The first-order valence-corrected chi connectivity index (χ1v) is 7.65. The van der Waals surface area contributed by atoms with Crippen LogP contribution in [0.4, 0.5) is 0 Å².